The zero-order valence-electron chi connectivity index (χ0n) is 14.9. The number of carbonyl (C=O) groups is 2. The van der Waals surface area contributed by atoms with Crippen LogP contribution >= 0.6 is 0 Å². The summed E-state index contributed by atoms with van der Waals surface area (Å²) in [5.74, 6) is -1.87. The monoisotopic (exact) mass is 366 g/mol. The summed E-state index contributed by atoms with van der Waals surface area (Å²) in [7, 11) is -0.254. The fourth-order valence-electron chi connectivity index (χ4n) is 2.31. The lowest BCUT2D eigenvalue weighted by molar-refractivity contribution is -0.123. The van der Waals surface area contributed by atoms with E-state index in [0.717, 1.165) is 0 Å². The molecule has 0 saturated heterocycles. The SMILES string of the molecule is COCC[C@H](NC(=O)[C@H](CCCCN)NC(=O)c1ccccn1)B(O)O. The zero-order chi connectivity index (χ0) is 19.4. The van der Waals surface area contributed by atoms with Crippen molar-refractivity contribution in [1.82, 2.24) is 15.6 Å². The van der Waals surface area contributed by atoms with Gasteiger partial charge in [-0.05, 0) is 44.4 Å². The summed E-state index contributed by atoms with van der Waals surface area (Å²) in [6.07, 6.45) is 3.44. The summed E-state index contributed by atoms with van der Waals surface area (Å²) in [5.41, 5.74) is 5.68. The van der Waals surface area contributed by atoms with Crippen molar-refractivity contribution in [3.05, 3.63) is 30.1 Å². The van der Waals surface area contributed by atoms with E-state index in [4.69, 9.17) is 10.5 Å². The number of nitrogens with two attached hydrogens (primary N) is 1. The third kappa shape index (κ3) is 7.92. The summed E-state index contributed by atoms with van der Waals surface area (Å²) in [4.78, 5) is 28.8. The smallest absolute Gasteiger partial charge is 0.426 e. The van der Waals surface area contributed by atoms with Crippen LogP contribution in [0, 0.1) is 0 Å². The number of unbranched alkanes of at least 4 members (excludes halogenated alkanes) is 1. The molecule has 0 unspecified atom stereocenters. The van der Waals surface area contributed by atoms with Crippen LogP contribution in [0.15, 0.2) is 24.4 Å². The Morgan fingerprint density at radius 2 is 2.04 bits per heavy atom. The van der Waals surface area contributed by atoms with Gasteiger partial charge in [0.15, 0.2) is 0 Å². The molecule has 6 N–H and O–H groups in total. The first-order chi connectivity index (χ1) is 12.5. The molecule has 26 heavy (non-hydrogen) atoms. The molecule has 2 amide bonds. The molecule has 0 bridgehead atoms. The number of methoxy groups -OCH3 is 1. The Kier molecular flexibility index (Phi) is 10.5. The van der Waals surface area contributed by atoms with Gasteiger partial charge in [-0.3, -0.25) is 14.6 Å². The van der Waals surface area contributed by atoms with Gasteiger partial charge in [-0.15, -0.1) is 0 Å². The first-order valence-electron chi connectivity index (χ1n) is 8.57. The molecule has 0 radical (unpaired) electrons. The van der Waals surface area contributed by atoms with Crippen LogP contribution in [0.3, 0.4) is 0 Å². The summed E-state index contributed by atoms with van der Waals surface area (Å²) in [5, 5.41) is 24.0. The molecule has 144 valence electrons. The Bertz CT molecular complexity index is 547. The normalized spacial score (nSPS) is 12.9. The number of carbonyl (C=O) groups excluding carboxylic acids is 2. The number of hydrogen-bond donors (Lipinski definition) is 5. The molecule has 0 aromatic carbocycles. The third-order valence-electron chi connectivity index (χ3n) is 3.79. The molecule has 0 aliphatic rings. The van der Waals surface area contributed by atoms with E-state index in [0.29, 0.717) is 25.8 Å². The molecule has 0 aliphatic carbocycles. The van der Waals surface area contributed by atoms with Crippen molar-refractivity contribution in [1.29, 1.82) is 0 Å². The first kappa shape index (κ1) is 22.0. The minimum absolute atomic E-state index is 0.197. The van der Waals surface area contributed by atoms with E-state index in [1.165, 1.54) is 13.3 Å². The van der Waals surface area contributed by atoms with Gasteiger partial charge in [-0.2, -0.15) is 0 Å². The van der Waals surface area contributed by atoms with Gasteiger partial charge >= 0.3 is 7.12 Å². The number of nitrogens with one attached hydrogen (secondary N) is 2. The molecule has 0 spiro atoms. The molecule has 10 heteroatoms. The maximum Gasteiger partial charge on any atom is 0.475 e. The lowest BCUT2D eigenvalue weighted by atomic mass is 9.77. The van der Waals surface area contributed by atoms with Gasteiger partial charge in [0, 0.05) is 19.9 Å². The molecule has 1 heterocycles. The van der Waals surface area contributed by atoms with Crippen molar-refractivity contribution in [2.75, 3.05) is 20.3 Å². The molecule has 2 atom stereocenters. The number of nitrogens with zero attached hydrogens (tertiary/aromatic N) is 1. The van der Waals surface area contributed by atoms with E-state index >= 15 is 0 Å². The van der Waals surface area contributed by atoms with Gasteiger partial charge in [0.25, 0.3) is 5.91 Å². The largest absolute Gasteiger partial charge is 0.475 e. The average molecular weight is 366 g/mol. The Morgan fingerprint density at radius 3 is 2.62 bits per heavy atom. The zero-order valence-corrected chi connectivity index (χ0v) is 14.9. The summed E-state index contributed by atoms with van der Waals surface area (Å²) >= 11 is 0. The molecular weight excluding hydrogens is 339 g/mol. The van der Waals surface area contributed by atoms with Crippen molar-refractivity contribution in [2.24, 2.45) is 5.73 Å². The number of rotatable bonds is 12. The number of pyridine rings is 1. The standard InChI is InChI=1S/C16H27BN4O5/c1-26-11-8-14(17(24)25)21-16(23)13(7-2-4-9-18)20-15(22)12-6-3-5-10-19-12/h3,5-6,10,13-14,24-25H,2,4,7-9,11,18H2,1H3,(H,20,22)(H,21,23)/t13-,14-/m0/s1. The molecule has 9 nitrogen and oxygen atoms in total. The first-order valence-corrected chi connectivity index (χ1v) is 8.57. The van der Waals surface area contributed by atoms with Crippen LogP contribution < -0.4 is 16.4 Å². The fourth-order valence-corrected chi connectivity index (χ4v) is 2.31. The Morgan fingerprint density at radius 1 is 1.27 bits per heavy atom. The molecule has 1 aromatic heterocycles. The molecule has 0 fully saturated rings. The van der Waals surface area contributed by atoms with Crippen LogP contribution in [0.2, 0.25) is 0 Å². The topological polar surface area (TPSA) is 147 Å². The highest BCUT2D eigenvalue weighted by atomic mass is 16.5. The molecule has 0 aliphatic heterocycles. The van der Waals surface area contributed by atoms with Crippen LogP contribution in [0.1, 0.15) is 36.2 Å². The van der Waals surface area contributed by atoms with Gasteiger partial charge in [0.05, 0.1) is 5.94 Å². The summed E-state index contributed by atoms with van der Waals surface area (Å²) in [6.45, 7) is 0.731. The second kappa shape index (κ2) is 12.4. The van der Waals surface area contributed by atoms with Crippen LogP contribution in [-0.4, -0.2) is 66.2 Å². The second-order valence-corrected chi connectivity index (χ2v) is 5.84. The highest BCUT2D eigenvalue weighted by Crippen LogP contribution is 2.05. The second-order valence-electron chi connectivity index (χ2n) is 5.84. The Hall–Kier alpha value is -2.01. The van der Waals surface area contributed by atoms with Gasteiger partial charge < -0.3 is 31.2 Å². The predicted octanol–water partition coefficient (Wildman–Crippen LogP) is -1.16. The number of hydrogen-bond acceptors (Lipinski definition) is 7. The highest BCUT2D eigenvalue weighted by Gasteiger charge is 2.29. The van der Waals surface area contributed by atoms with Crippen LogP contribution in [0.4, 0.5) is 0 Å². The number of amides is 2. The van der Waals surface area contributed by atoms with Crippen molar-refractivity contribution in [2.45, 2.75) is 37.7 Å². The Balaban J connectivity index is 2.76. The quantitative estimate of drug-likeness (QED) is 0.232. The van der Waals surface area contributed by atoms with E-state index in [9.17, 15) is 19.6 Å². The summed E-state index contributed by atoms with van der Waals surface area (Å²) < 4.78 is 4.90. The summed E-state index contributed by atoms with van der Waals surface area (Å²) in [6, 6.07) is 4.07. The fraction of sp³-hybridized carbons (Fsp3) is 0.562. The van der Waals surface area contributed by atoms with E-state index < -0.39 is 30.9 Å². The average Bonchev–Trinajstić information content (AvgIpc) is 2.64. The van der Waals surface area contributed by atoms with Crippen LogP contribution in [0.25, 0.3) is 0 Å². The minimum Gasteiger partial charge on any atom is -0.426 e. The third-order valence-corrected chi connectivity index (χ3v) is 3.79. The van der Waals surface area contributed by atoms with E-state index in [-0.39, 0.29) is 18.7 Å². The van der Waals surface area contributed by atoms with Crippen molar-refractivity contribution >= 4 is 18.9 Å². The molecule has 0 saturated carbocycles. The number of aromatic nitrogens is 1. The van der Waals surface area contributed by atoms with Gasteiger partial charge in [0.1, 0.15) is 11.7 Å². The van der Waals surface area contributed by atoms with Crippen molar-refractivity contribution in [3.63, 3.8) is 0 Å². The molecule has 1 rings (SSSR count). The maximum absolute atomic E-state index is 12.5. The van der Waals surface area contributed by atoms with Crippen LogP contribution in [-0.2, 0) is 9.53 Å². The highest BCUT2D eigenvalue weighted by molar-refractivity contribution is 6.43. The van der Waals surface area contributed by atoms with Gasteiger partial charge in [-0.25, -0.2) is 0 Å². The van der Waals surface area contributed by atoms with Gasteiger partial charge in [-0.1, -0.05) is 6.07 Å². The van der Waals surface area contributed by atoms with Crippen molar-refractivity contribution in [3.8, 4) is 0 Å². The van der Waals surface area contributed by atoms with Crippen LogP contribution in [0.5, 0.6) is 0 Å². The Labute approximate surface area is 153 Å². The number of ether oxygens (including phenoxy) is 1. The minimum atomic E-state index is -1.73. The van der Waals surface area contributed by atoms with E-state index in [2.05, 4.69) is 15.6 Å². The van der Waals surface area contributed by atoms with E-state index in [1.54, 1.807) is 18.2 Å². The predicted molar refractivity (Wildman–Crippen MR) is 97.0 cm³/mol. The van der Waals surface area contributed by atoms with Crippen molar-refractivity contribution < 1.29 is 24.4 Å². The van der Waals surface area contributed by atoms with Gasteiger partial charge in [0.2, 0.25) is 5.91 Å². The molecule has 1 aromatic rings. The maximum atomic E-state index is 12.5. The lowest BCUT2D eigenvalue weighted by Crippen LogP contribution is -2.54. The van der Waals surface area contributed by atoms with E-state index in [1.807, 2.05) is 0 Å². The molecular formula is C16H27BN4O5. The lowest BCUT2D eigenvalue weighted by Gasteiger charge is -2.23.